The second-order valence-electron chi connectivity index (χ2n) is 3.74. The van der Waals surface area contributed by atoms with E-state index in [0.717, 1.165) is 38.3 Å². The summed E-state index contributed by atoms with van der Waals surface area (Å²) >= 11 is 12.1. The second kappa shape index (κ2) is 5.17. The number of nitrogens with zero attached hydrogens (tertiary/aromatic N) is 1. The van der Waals surface area contributed by atoms with Gasteiger partial charge in [-0.1, -0.05) is 35.3 Å². The molecule has 15 heavy (non-hydrogen) atoms. The molecule has 0 bridgehead atoms. The largest absolute Gasteiger partial charge is 0.314 e. The van der Waals surface area contributed by atoms with E-state index >= 15 is 0 Å². The van der Waals surface area contributed by atoms with Crippen LogP contribution in [-0.2, 0) is 6.54 Å². The Bertz CT molecular complexity index is 335. The molecule has 0 spiro atoms. The molecule has 1 heterocycles. The predicted octanol–water partition coefficient (Wildman–Crippen LogP) is 2.40. The monoisotopic (exact) mass is 244 g/mol. The first kappa shape index (κ1) is 11.2. The fourth-order valence-corrected chi connectivity index (χ4v) is 2.16. The first-order chi connectivity index (χ1) is 7.27. The van der Waals surface area contributed by atoms with Crippen LogP contribution in [0.1, 0.15) is 5.56 Å². The Balaban J connectivity index is 2.06. The third-order valence-corrected chi connectivity index (χ3v) is 3.49. The maximum absolute atomic E-state index is 6.14. The van der Waals surface area contributed by atoms with Gasteiger partial charge in [0.2, 0.25) is 0 Å². The van der Waals surface area contributed by atoms with Gasteiger partial charge < -0.3 is 5.32 Å². The van der Waals surface area contributed by atoms with Crippen LogP contribution in [0.3, 0.4) is 0 Å². The quantitative estimate of drug-likeness (QED) is 0.860. The minimum Gasteiger partial charge on any atom is -0.314 e. The van der Waals surface area contributed by atoms with Gasteiger partial charge in [-0.2, -0.15) is 0 Å². The Morgan fingerprint density at radius 2 is 1.93 bits per heavy atom. The Kier molecular flexibility index (Phi) is 3.87. The van der Waals surface area contributed by atoms with Crippen molar-refractivity contribution in [2.24, 2.45) is 0 Å². The fraction of sp³-hybridized carbons (Fsp3) is 0.455. The van der Waals surface area contributed by atoms with Crippen LogP contribution < -0.4 is 5.32 Å². The number of piperazine rings is 1. The highest BCUT2D eigenvalue weighted by Crippen LogP contribution is 2.26. The van der Waals surface area contributed by atoms with Crippen LogP contribution in [0.15, 0.2) is 18.2 Å². The molecule has 0 radical (unpaired) electrons. The van der Waals surface area contributed by atoms with Gasteiger partial charge in [0.15, 0.2) is 0 Å². The Hall–Kier alpha value is -0.280. The van der Waals surface area contributed by atoms with E-state index in [4.69, 9.17) is 23.2 Å². The van der Waals surface area contributed by atoms with Crippen LogP contribution in [0.5, 0.6) is 0 Å². The molecule has 1 N–H and O–H groups in total. The number of hydrogen-bond donors (Lipinski definition) is 1. The van der Waals surface area contributed by atoms with Crippen molar-refractivity contribution in [1.29, 1.82) is 0 Å². The van der Waals surface area contributed by atoms with E-state index in [1.165, 1.54) is 0 Å². The number of benzene rings is 1. The first-order valence-corrected chi connectivity index (χ1v) is 5.89. The predicted molar refractivity (Wildman–Crippen MR) is 64.6 cm³/mol. The second-order valence-corrected chi connectivity index (χ2v) is 4.52. The van der Waals surface area contributed by atoms with Crippen LogP contribution in [0, 0.1) is 0 Å². The Morgan fingerprint density at radius 3 is 2.67 bits per heavy atom. The zero-order valence-electron chi connectivity index (χ0n) is 8.47. The van der Waals surface area contributed by atoms with Gasteiger partial charge in [0.25, 0.3) is 0 Å². The van der Waals surface area contributed by atoms with Gasteiger partial charge >= 0.3 is 0 Å². The Labute approximate surface area is 100 Å². The SMILES string of the molecule is Clc1cccc(CN2CCNCC2)c1Cl. The molecule has 1 aromatic carbocycles. The van der Waals surface area contributed by atoms with Gasteiger partial charge in [-0.3, -0.25) is 4.90 Å². The summed E-state index contributed by atoms with van der Waals surface area (Å²) in [6.45, 7) is 5.14. The summed E-state index contributed by atoms with van der Waals surface area (Å²) in [5.41, 5.74) is 1.12. The third-order valence-electron chi connectivity index (χ3n) is 2.64. The summed E-state index contributed by atoms with van der Waals surface area (Å²) in [6.07, 6.45) is 0. The van der Waals surface area contributed by atoms with Crippen LogP contribution in [0.4, 0.5) is 0 Å². The molecule has 1 aromatic rings. The van der Waals surface area contributed by atoms with Gasteiger partial charge in [0.05, 0.1) is 10.0 Å². The molecule has 2 nitrogen and oxygen atoms in total. The number of rotatable bonds is 2. The molecule has 2 rings (SSSR count). The van der Waals surface area contributed by atoms with E-state index in [9.17, 15) is 0 Å². The van der Waals surface area contributed by atoms with E-state index in [0.29, 0.717) is 10.0 Å². The number of nitrogens with one attached hydrogen (secondary N) is 1. The van der Waals surface area contributed by atoms with E-state index in [2.05, 4.69) is 10.2 Å². The molecule has 1 fully saturated rings. The highest BCUT2D eigenvalue weighted by Gasteiger charge is 2.12. The highest BCUT2D eigenvalue weighted by molar-refractivity contribution is 6.42. The van der Waals surface area contributed by atoms with E-state index in [1.807, 2.05) is 18.2 Å². The normalized spacial score (nSPS) is 18.0. The average Bonchev–Trinajstić information content (AvgIpc) is 2.26. The van der Waals surface area contributed by atoms with Gasteiger partial charge in [0, 0.05) is 32.7 Å². The van der Waals surface area contributed by atoms with Crippen molar-refractivity contribution in [3.05, 3.63) is 33.8 Å². The van der Waals surface area contributed by atoms with Crippen molar-refractivity contribution < 1.29 is 0 Å². The van der Waals surface area contributed by atoms with Crippen LogP contribution in [-0.4, -0.2) is 31.1 Å². The molecule has 1 aliphatic rings. The van der Waals surface area contributed by atoms with Gasteiger partial charge in [0.1, 0.15) is 0 Å². The van der Waals surface area contributed by atoms with Crippen LogP contribution in [0.25, 0.3) is 0 Å². The molecular formula is C11H14Cl2N2. The molecule has 0 aromatic heterocycles. The van der Waals surface area contributed by atoms with Crippen molar-refractivity contribution in [2.45, 2.75) is 6.54 Å². The lowest BCUT2D eigenvalue weighted by molar-refractivity contribution is 0.233. The molecule has 0 aliphatic carbocycles. The third kappa shape index (κ3) is 2.85. The molecule has 4 heteroatoms. The van der Waals surface area contributed by atoms with E-state index in [1.54, 1.807) is 0 Å². The fourth-order valence-electron chi connectivity index (χ4n) is 1.78. The van der Waals surface area contributed by atoms with Crippen LogP contribution in [0.2, 0.25) is 10.0 Å². The lowest BCUT2D eigenvalue weighted by Crippen LogP contribution is -2.42. The number of hydrogen-bond acceptors (Lipinski definition) is 2. The van der Waals surface area contributed by atoms with Crippen LogP contribution >= 0.6 is 23.2 Å². The van der Waals surface area contributed by atoms with Gasteiger partial charge in [-0.15, -0.1) is 0 Å². The highest BCUT2D eigenvalue weighted by atomic mass is 35.5. The lowest BCUT2D eigenvalue weighted by Gasteiger charge is -2.27. The molecule has 0 unspecified atom stereocenters. The summed E-state index contributed by atoms with van der Waals surface area (Å²) in [4.78, 5) is 2.38. The summed E-state index contributed by atoms with van der Waals surface area (Å²) in [7, 11) is 0. The first-order valence-electron chi connectivity index (χ1n) is 5.13. The summed E-state index contributed by atoms with van der Waals surface area (Å²) < 4.78 is 0. The standard InChI is InChI=1S/C11H14Cl2N2/c12-10-3-1-2-9(11(10)13)8-15-6-4-14-5-7-15/h1-3,14H,4-8H2. The lowest BCUT2D eigenvalue weighted by atomic mass is 10.2. The van der Waals surface area contributed by atoms with Gasteiger partial charge in [-0.05, 0) is 11.6 Å². The molecule has 0 atom stereocenters. The summed E-state index contributed by atoms with van der Waals surface area (Å²) in [5.74, 6) is 0. The van der Waals surface area contributed by atoms with Crippen molar-refractivity contribution in [3.8, 4) is 0 Å². The molecule has 82 valence electrons. The van der Waals surface area contributed by atoms with Crippen molar-refractivity contribution >= 4 is 23.2 Å². The maximum atomic E-state index is 6.14. The zero-order chi connectivity index (χ0) is 10.7. The minimum absolute atomic E-state index is 0.643. The molecule has 1 aliphatic heterocycles. The van der Waals surface area contributed by atoms with Crippen molar-refractivity contribution in [2.75, 3.05) is 26.2 Å². The molecular weight excluding hydrogens is 231 g/mol. The van der Waals surface area contributed by atoms with Gasteiger partial charge in [-0.25, -0.2) is 0 Å². The van der Waals surface area contributed by atoms with Crippen molar-refractivity contribution in [3.63, 3.8) is 0 Å². The van der Waals surface area contributed by atoms with E-state index < -0.39 is 0 Å². The van der Waals surface area contributed by atoms with E-state index in [-0.39, 0.29) is 0 Å². The topological polar surface area (TPSA) is 15.3 Å². The molecule has 1 saturated heterocycles. The smallest absolute Gasteiger partial charge is 0.0637 e. The maximum Gasteiger partial charge on any atom is 0.0637 e. The molecule has 0 amide bonds. The summed E-state index contributed by atoms with van der Waals surface area (Å²) in [5, 5.41) is 4.66. The summed E-state index contributed by atoms with van der Waals surface area (Å²) in [6, 6.07) is 5.81. The minimum atomic E-state index is 0.643. The molecule has 0 saturated carbocycles. The number of halogens is 2. The Morgan fingerprint density at radius 1 is 1.20 bits per heavy atom. The zero-order valence-corrected chi connectivity index (χ0v) is 9.98. The van der Waals surface area contributed by atoms with Crippen molar-refractivity contribution in [1.82, 2.24) is 10.2 Å². The average molecular weight is 245 g/mol.